The number of carbonyl (C=O) groups excluding carboxylic acids is 1. The summed E-state index contributed by atoms with van der Waals surface area (Å²) in [6, 6.07) is 0. The normalized spacial score (nSPS) is 21.9. The van der Waals surface area contributed by atoms with E-state index in [0.717, 1.165) is 12.8 Å². The quantitative estimate of drug-likeness (QED) is 0.495. The molecule has 2 unspecified atom stereocenters. The Morgan fingerprint density at radius 3 is 2.30 bits per heavy atom. The molecule has 1 N–H and O–H groups in total. The molecule has 20 heavy (non-hydrogen) atoms. The third-order valence-electron chi connectivity index (χ3n) is 3.69. The molecule has 0 amide bonds. The molecule has 0 aliphatic carbocycles. The summed E-state index contributed by atoms with van der Waals surface area (Å²) in [5.74, 6) is -1.14. The van der Waals surface area contributed by atoms with Crippen LogP contribution in [0.25, 0.3) is 0 Å². The second-order valence-corrected chi connectivity index (χ2v) is 6.45. The summed E-state index contributed by atoms with van der Waals surface area (Å²) >= 11 is 1.52. The smallest absolute Gasteiger partial charge is 0.310 e. The van der Waals surface area contributed by atoms with Gasteiger partial charge in [-0.1, -0.05) is 45.4 Å². The van der Waals surface area contributed by atoms with Gasteiger partial charge in [-0.2, -0.15) is 11.8 Å². The molecule has 0 saturated carbocycles. The number of hydrogen-bond donors (Lipinski definition) is 1. The van der Waals surface area contributed by atoms with Gasteiger partial charge in [0, 0.05) is 11.5 Å². The molecule has 1 heterocycles. The molecule has 1 aliphatic heterocycles. The highest BCUT2D eigenvalue weighted by Crippen LogP contribution is 2.31. The van der Waals surface area contributed by atoms with Crippen LogP contribution in [0.15, 0.2) is 0 Å². The molecule has 1 fully saturated rings. The van der Waals surface area contributed by atoms with Crippen LogP contribution >= 0.6 is 11.8 Å². The van der Waals surface area contributed by atoms with Crippen LogP contribution < -0.4 is 0 Å². The first-order chi connectivity index (χ1) is 9.66. The maximum Gasteiger partial charge on any atom is 0.310 e. The number of rotatable bonds is 10. The maximum absolute atomic E-state index is 11.8. The van der Waals surface area contributed by atoms with Crippen molar-refractivity contribution in [2.45, 2.75) is 51.9 Å². The Morgan fingerprint density at radius 1 is 1.05 bits per heavy atom. The fourth-order valence-electron chi connectivity index (χ4n) is 2.37. The van der Waals surface area contributed by atoms with Gasteiger partial charge in [-0.15, -0.1) is 0 Å². The molecule has 0 spiro atoms. The van der Waals surface area contributed by atoms with E-state index in [0.29, 0.717) is 18.1 Å². The summed E-state index contributed by atoms with van der Waals surface area (Å²) < 4.78 is 5.22. The number of aliphatic carboxylic acids is 1. The number of carboxylic acid groups (broad SMARTS) is 1. The molecule has 0 radical (unpaired) electrons. The van der Waals surface area contributed by atoms with Crippen LogP contribution in [0, 0.1) is 11.8 Å². The highest BCUT2D eigenvalue weighted by molar-refractivity contribution is 7.99. The predicted octanol–water partition coefficient (Wildman–Crippen LogP) is 3.34. The van der Waals surface area contributed by atoms with Crippen LogP contribution in [-0.4, -0.2) is 35.2 Å². The van der Waals surface area contributed by atoms with Crippen molar-refractivity contribution in [1.82, 2.24) is 0 Å². The van der Waals surface area contributed by atoms with E-state index in [1.165, 1.54) is 43.9 Å². The van der Waals surface area contributed by atoms with Crippen molar-refractivity contribution in [3.05, 3.63) is 0 Å². The zero-order valence-corrected chi connectivity index (χ0v) is 13.1. The molecule has 0 aromatic heterocycles. The molecule has 0 aromatic rings. The highest BCUT2D eigenvalue weighted by atomic mass is 32.2. The first-order valence-electron chi connectivity index (χ1n) is 7.64. The van der Waals surface area contributed by atoms with Crippen molar-refractivity contribution in [3.8, 4) is 0 Å². The van der Waals surface area contributed by atoms with Gasteiger partial charge >= 0.3 is 11.9 Å². The molecule has 1 aliphatic rings. The summed E-state index contributed by atoms with van der Waals surface area (Å²) in [5.41, 5.74) is 0. The zero-order chi connectivity index (χ0) is 14.8. The molecular weight excluding hydrogens is 276 g/mol. The Balaban J connectivity index is 2.07. The molecule has 0 bridgehead atoms. The minimum atomic E-state index is -0.882. The van der Waals surface area contributed by atoms with Gasteiger partial charge in [-0.3, -0.25) is 9.59 Å². The predicted molar refractivity (Wildman–Crippen MR) is 80.9 cm³/mol. The minimum absolute atomic E-state index is 0.326. The average Bonchev–Trinajstić information content (AvgIpc) is 2.91. The summed E-state index contributed by atoms with van der Waals surface area (Å²) in [7, 11) is 0. The molecular formula is C15H26O4S. The van der Waals surface area contributed by atoms with Gasteiger partial charge in [0.25, 0.3) is 0 Å². The number of ether oxygens (including phenoxy) is 1. The monoisotopic (exact) mass is 302 g/mol. The van der Waals surface area contributed by atoms with Gasteiger partial charge in [0.2, 0.25) is 0 Å². The third-order valence-corrected chi connectivity index (χ3v) is 4.88. The Bertz CT molecular complexity index is 306. The number of esters is 1. The van der Waals surface area contributed by atoms with Gasteiger partial charge < -0.3 is 9.84 Å². The second-order valence-electron chi connectivity index (χ2n) is 5.38. The zero-order valence-electron chi connectivity index (χ0n) is 12.3. The van der Waals surface area contributed by atoms with Gasteiger partial charge in [0.05, 0.1) is 18.4 Å². The minimum Gasteiger partial charge on any atom is -0.481 e. The number of hydrogen-bond acceptors (Lipinski definition) is 4. The molecule has 4 nitrogen and oxygen atoms in total. The summed E-state index contributed by atoms with van der Waals surface area (Å²) in [5, 5.41) is 9.02. The van der Waals surface area contributed by atoms with Crippen molar-refractivity contribution in [3.63, 3.8) is 0 Å². The van der Waals surface area contributed by atoms with Crippen molar-refractivity contribution < 1.29 is 19.4 Å². The molecule has 2 atom stereocenters. The highest BCUT2D eigenvalue weighted by Gasteiger charge is 2.39. The lowest BCUT2D eigenvalue weighted by Gasteiger charge is -2.13. The number of unbranched alkanes of at least 4 members (excludes halogenated alkanes) is 6. The van der Waals surface area contributed by atoms with Gasteiger partial charge in [0.15, 0.2) is 0 Å². The van der Waals surface area contributed by atoms with Crippen molar-refractivity contribution in [2.75, 3.05) is 18.1 Å². The Kier molecular flexibility index (Phi) is 8.74. The second kappa shape index (κ2) is 10.1. The average molecular weight is 302 g/mol. The molecule has 116 valence electrons. The Morgan fingerprint density at radius 2 is 1.65 bits per heavy atom. The number of thioether (sulfide) groups is 1. The molecule has 1 saturated heterocycles. The van der Waals surface area contributed by atoms with E-state index in [1.807, 2.05) is 0 Å². The standard InChI is InChI=1S/C15H26O4S/c1-2-3-4-5-6-7-8-9-19-15(18)13-11-20-10-12(13)14(16)17/h12-13H,2-11H2,1H3,(H,16,17). The van der Waals surface area contributed by atoms with Gasteiger partial charge in [-0.05, 0) is 6.42 Å². The van der Waals surface area contributed by atoms with Crippen LogP contribution in [0.3, 0.4) is 0 Å². The first kappa shape index (κ1) is 17.3. The van der Waals surface area contributed by atoms with Crippen LogP contribution in [0.5, 0.6) is 0 Å². The largest absolute Gasteiger partial charge is 0.481 e. The first-order valence-corrected chi connectivity index (χ1v) is 8.79. The van der Waals surface area contributed by atoms with E-state index in [4.69, 9.17) is 9.84 Å². The van der Waals surface area contributed by atoms with Crippen LogP contribution in [-0.2, 0) is 14.3 Å². The van der Waals surface area contributed by atoms with E-state index in [1.54, 1.807) is 0 Å². The van der Waals surface area contributed by atoms with Crippen LogP contribution in [0.1, 0.15) is 51.9 Å². The fraction of sp³-hybridized carbons (Fsp3) is 0.867. The summed E-state index contributed by atoms with van der Waals surface area (Å²) in [6.45, 7) is 2.63. The lowest BCUT2D eigenvalue weighted by molar-refractivity contribution is -0.155. The Hall–Kier alpha value is -0.710. The van der Waals surface area contributed by atoms with E-state index >= 15 is 0 Å². The van der Waals surface area contributed by atoms with E-state index < -0.39 is 17.8 Å². The van der Waals surface area contributed by atoms with E-state index in [9.17, 15) is 9.59 Å². The molecule has 5 heteroatoms. The number of carbonyl (C=O) groups is 2. The lowest BCUT2D eigenvalue weighted by atomic mass is 9.96. The van der Waals surface area contributed by atoms with Gasteiger partial charge in [0.1, 0.15) is 0 Å². The summed E-state index contributed by atoms with van der Waals surface area (Å²) in [6.07, 6.45) is 8.24. The summed E-state index contributed by atoms with van der Waals surface area (Å²) in [4.78, 5) is 22.8. The van der Waals surface area contributed by atoms with E-state index in [-0.39, 0.29) is 5.97 Å². The molecule has 0 aromatic carbocycles. The molecule has 1 rings (SSSR count). The fourth-order valence-corrected chi connectivity index (χ4v) is 3.76. The van der Waals surface area contributed by atoms with Crippen molar-refractivity contribution >= 4 is 23.7 Å². The lowest BCUT2D eigenvalue weighted by Crippen LogP contribution is -2.30. The maximum atomic E-state index is 11.8. The van der Waals surface area contributed by atoms with E-state index in [2.05, 4.69) is 6.92 Å². The topological polar surface area (TPSA) is 63.6 Å². The van der Waals surface area contributed by atoms with Crippen molar-refractivity contribution in [1.29, 1.82) is 0 Å². The van der Waals surface area contributed by atoms with Gasteiger partial charge in [-0.25, -0.2) is 0 Å². The number of carboxylic acids is 1. The van der Waals surface area contributed by atoms with Crippen LogP contribution in [0.4, 0.5) is 0 Å². The van der Waals surface area contributed by atoms with Crippen LogP contribution in [0.2, 0.25) is 0 Å². The Labute approximate surface area is 125 Å². The third kappa shape index (κ3) is 6.16. The SMILES string of the molecule is CCCCCCCCCOC(=O)C1CSCC1C(=O)O. The van der Waals surface area contributed by atoms with Crippen molar-refractivity contribution in [2.24, 2.45) is 11.8 Å².